The predicted octanol–water partition coefficient (Wildman–Crippen LogP) is 1.28. The van der Waals surface area contributed by atoms with E-state index in [0.717, 1.165) is 22.1 Å². The molecule has 0 unspecified atom stereocenters. The van der Waals surface area contributed by atoms with E-state index in [-0.39, 0.29) is 30.6 Å². The Morgan fingerprint density at radius 2 is 1.83 bits per heavy atom. The summed E-state index contributed by atoms with van der Waals surface area (Å²) in [5.74, 6) is -0.244. The molecule has 1 atom stereocenters. The van der Waals surface area contributed by atoms with Crippen molar-refractivity contribution in [3.63, 3.8) is 0 Å². The topological polar surface area (TPSA) is 73.1 Å². The number of carbonyl (C=O) groups is 1. The molecule has 0 spiro atoms. The lowest BCUT2D eigenvalue weighted by Crippen LogP contribution is -2.43. The molecule has 1 amide bonds. The highest BCUT2D eigenvalue weighted by molar-refractivity contribution is 5.75. The van der Waals surface area contributed by atoms with Gasteiger partial charge in [0.05, 0.1) is 6.54 Å². The van der Waals surface area contributed by atoms with Crippen LogP contribution in [-0.2, 0) is 17.9 Å². The second-order valence-electron chi connectivity index (χ2n) is 6.01. The normalized spacial score (nSPS) is 12.0. The van der Waals surface area contributed by atoms with Gasteiger partial charge in [-0.1, -0.05) is 36.8 Å². The molecule has 1 aromatic heterocycles. The quantitative estimate of drug-likeness (QED) is 0.868. The summed E-state index contributed by atoms with van der Waals surface area (Å²) in [5.41, 5.74) is 1.11. The summed E-state index contributed by atoms with van der Waals surface area (Å²) < 4.78 is 2.40. The average Bonchev–Trinajstić information content (AvgIpc) is 2.55. The van der Waals surface area contributed by atoms with E-state index in [1.165, 1.54) is 16.8 Å². The molecule has 0 aliphatic heterocycles. The number of benzene rings is 1. The van der Waals surface area contributed by atoms with Crippen molar-refractivity contribution in [2.75, 3.05) is 0 Å². The van der Waals surface area contributed by atoms with Crippen LogP contribution in [0.5, 0.6) is 0 Å². The zero-order valence-electron chi connectivity index (χ0n) is 14.3. The van der Waals surface area contributed by atoms with Gasteiger partial charge in [-0.25, -0.2) is 4.79 Å². The number of nitrogens with zero attached hydrogens (tertiary/aromatic N) is 2. The first-order valence-corrected chi connectivity index (χ1v) is 8.06. The van der Waals surface area contributed by atoms with Crippen molar-refractivity contribution in [1.29, 1.82) is 0 Å². The Bertz CT molecular complexity index is 819. The molecular formula is C18H23N3O3. The molecule has 128 valence electrons. The van der Waals surface area contributed by atoms with E-state index in [0.29, 0.717) is 0 Å². The van der Waals surface area contributed by atoms with Crippen LogP contribution < -0.4 is 16.6 Å². The second-order valence-corrected chi connectivity index (χ2v) is 6.01. The van der Waals surface area contributed by atoms with E-state index < -0.39 is 5.69 Å². The summed E-state index contributed by atoms with van der Waals surface area (Å²) >= 11 is 0. The minimum Gasteiger partial charge on any atom is -0.352 e. The molecule has 0 aliphatic rings. The molecular weight excluding hydrogens is 306 g/mol. The number of carbonyl (C=O) groups excluding carboxylic acids is 1. The van der Waals surface area contributed by atoms with Gasteiger partial charge in [0, 0.05) is 18.3 Å². The van der Waals surface area contributed by atoms with E-state index in [1.807, 2.05) is 45.0 Å². The van der Waals surface area contributed by atoms with Crippen LogP contribution >= 0.6 is 0 Å². The van der Waals surface area contributed by atoms with Crippen LogP contribution in [0.1, 0.15) is 31.4 Å². The van der Waals surface area contributed by atoms with Crippen LogP contribution in [0.4, 0.5) is 0 Å². The third-order valence-electron chi connectivity index (χ3n) is 3.93. The first-order chi connectivity index (χ1) is 11.4. The summed E-state index contributed by atoms with van der Waals surface area (Å²) in [6.07, 6.45) is 2.18. The second kappa shape index (κ2) is 7.77. The smallest absolute Gasteiger partial charge is 0.331 e. The maximum Gasteiger partial charge on any atom is 0.331 e. The summed E-state index contributed by atoms with van der Waals surface area (Å²) in [6, 6.07) is 8.99. The van der Waals surface area contributed by atoms with Gasteiger partial charge in [0.15, 0.2) is 0 Å². The molecule has 6 nitrogen and oxygen atoms in total. The Morgan fingerprint density at radius 1 is 1.17 bits per heavy atom. The minimum absolute atomic E-state index is 0.0478. The van der Waals surface area contributed by atoms with Gasteiger partial charge in [0.1, 0.15) is 6.54 Å². The number of rotatable bonds is 6. The van der Waals surface area contributed by atoms with Gasteiger partial charge in [-0.3, -0.25) is 18.7 Å². The SMILES string of the molecule is CC[C@@H](C)NC(=O)Cn1ccc(=O)n(Cc2ccc(C)cc2)c1=O. The number of nitrogens with one attached hydrogen (secondary N) is 1. The largest absolute Gasteiger partial charge is 0.352 e. The van der Waals surface area contributed by atoms with E-state index in [2.05, 4.69) is 5.32 Å². The highest BCUT2D eigenvalue weighted by Gasteiger charge is 2.11. The molecule has 2 rings (SSSR count). The molecule has 6 heteroatoms. The monoisotopic (exact) mass is 329 g/mol. The van der Waals surface area contributed by atoms with E-state index in [4.69, 9.17) is 0 Å². The fraction of sp³-hybridized carbons (Fsp3) is 0.389. The van der Waals surface area contributed by atoms with E-state index in [9.17, 15) is 14.4 Å². The van der Waals surface area contributed by atoms with Gasteiger partial charge in [-0.15, -0.1) is 0 Å². The maximum absolute atomic E-state index is 12.5. The average molecular weight is 329 g/mol. The molecule has 1 aromatic carbocycles. The summed E-state index contributed by atoms with van der Waals surface area (Å²) in [7, 11) is 0. The molecule has 2 aromatic rings. The van der Waals surface area contributed by atoms with Crippen molar-refractivity contribution < 1.29 is 4.79 Å². The molecule has 0 saturated carbocycles. The lowest BCUT2D eigenvalue weighted by Gasteiger charge is -2.13. The maximum atomic E-state index is 12.5. The third kappa shape index (κ3) is 4.44. The van der Waals surface area contributed by atoms with Gasteiger partial charge in [-0.05, 0) is 25.8 Å². The first kappa shape index (κ1) is 17.7. The number of hydrogen-bond acceptors (Lipinski definition) is 3. The predicted molar refractivity (Wildman–Crippen MR) is 93.1 cm³/mol. The number of aryl methyl sites for hydroxylation is 1. The molecule has 0 bridgehead atoms. The van der Waals surface area contributed by atoms with Crippen molar-refractivity contribution in [1.82, 2.24) is 14.5 Å². The lowest BCUT2D eigenvalue weighted by molar-refractivity contribution is -0.122. The van der Waals surface area contributed by atoms with Crippen molar-refractivity contribution >= 4 is 5.91 Å². The molecule has 1 N–H and O–H groups in total. The van der Waals surface area contributed by atoms with Crippen LogP contribution in [0.2, 0.25) is 0 Å². The zero-order chi connectivity index (χ0) is 17.7. The van der Waals surface area contributed by atoms with Crippen molar-refractivity contribution in [2.45, 2.75) is 46.3 Å². The Hall–Kier alpha value is -2.63. The van der Waals surface area contributed by atoms with Crippen molar-refractivity contribution in [3.05, 3.63) is 68.5 Å². The van der Waals surface area contributed by atoms with Crippen LogP contribution in [-0.4, -0.2) is 21.1 Å². The van der Waals surface area contributed by atoms with Gasteiger partial charge < -0.3 is 5.32 Å². The van der Waals surface area contributed by atoms with E-state index >= 15 is 0 Å². The minimum atomic E-state index is -0.484. The van der Waals surface area contributed by atoms with E-state index in [1.54, 1.807) is 0 Å². The summed E-state index contributed by atoms with van der Waals surface area (Å²) in [6.45, 7) is 5.93. The van der Waals surface area contributed by atoms with Crippen LogP contribution in [0.15, 0.2) is 46.1 Å². The van der Waals surface area contributed by atoms with Crippen molar-refractivity contribution in [3.8, 4) is 0 Å². The molecule has 1 heterocycles. The zero-order valence-corrected chi connectivity index (χ0v) is 14.3. The van der Waals surface area contributed by atoms with Gasteiger partial charge >= 0.3 is 5.69 Å². The Kier molecular flexibility index (Phi) is 5.73. The molecule has 0 fully saturated rings. The van der Waals surface area contributed by atoms with Gasteiger partial charge in [-0.2, -0.15) is 0 Å². The standard InChI is InChI=1S/C18H23N3O3/c1-4-14(3)19-16(22)12-20-10-9-17(23)21(18(20)24)11-15-7-5-13(2)6-8-15/h5-10,14H,4,11-12H2,1-3H3,(H,19,22)/t14-/m1/s1. The molecule has 0 aliphatic carbocycles. The summed E-state index contributed by atoms with van der Waals surface area (Å²) in [4.78, 5) is 36.5. The number of aromatic nitrogens is 2. The van der Waals surface area contributed by atoms with Gasteiger partial charge in [0.2, 0.25) is 5.91 Å². The van der Waals surface area contributed by atoms with Crippen LogP contribution in [0.3, 0.4) is 0 Å². The molecule has 24 heavy (non-hydrogen) atoms. The first-order valence-electron chi connectivity index (χ1n) is 8.06. The van der Waals surface area contributed by atoms with Crippen LogP contribution in [0, 0.1) is 6.92 Å². The molecule has 0 radical (unpaired) electrons. The Labute approximate surface area is 140 Å². The lowest BCUT2D eigenvalue weighted by atomic mass is 10.1. The fourth-order valence-corrected chi connectivity index (χ4v) is 2.28. The number of hydrogen-bond donors (Lipinski definition) is 1. The highest BCUT2D eigenvalue weighted by atomic mass is 16.2. The third-order valence-corrected chi connectivity index (χ3v) is 3.93. The van der Waals surface area contributed by atoms with Crippen LogP contribution in [0.25, 0.3) is 0 Å². The number of amides is 1. The van der Waals surface area contributed by atoms with Crippen molar-refractivity contribution in [2.24, 2.45) is 0 Å². The molecule has 0 saturated heterocycles. The Morgan fingerprint density at radius 3 is 2.46 bits per heavy atom. The summed E-state index contributed by atoms with van der Waals surface area (Å²) in [5, 5.41) is 2.81. The Balaban J connectivity index is 2.24. The highest BCUT2D eigenvalue weighted by Crippen LogP contribution is 2.03. The van der Waals surface area contributed by atoms with Gasteiger partial charge in [0.25, 0.3) is 5.56 Å². The fourth-order valence-electron chi connectivity index (χ4n) is 2.28.